The van der Waals surface area contributed by atoms with Crippen LogP contribution < -0.4 is 0 Å². The Labute approximate surface area is 437 Å². The summed E-state index contributed by atoms with van der Waals surface area (Å²) in [5.74, 6) is -0.511. The zero-order valence-corrected chi connectivity index (χ0v) is 44.2. The number of carboxylic acid groups (broad SMARTS) is 1. The minimum Gasteiger partial charge on any atom is -0.481 e. The largest absolute Gasteiger partial charge is 0.481 e. The maximum Gasteiger partial charge on any atom is 0.310 e. The third-order valence-corrected chi connectivity index (χ3v) is 21.1. The number of carbonyl (C=O) groups is 1. The van der Waals surface area contributed by atoms with E-state index in [4.69, 9.17) is 37.9 Å². The van der Waals surface area contributed by atoms with Gasteiger partial charge in [-0.25, -0.2) is 0 Å². The number of fused-ring (bicyclic) bond motifs is 7. The fraction of sp³-hybridized carbons (Fsp3) is 0.943. The van der Waals surface area contributed by atoms with Crippen molar-refractivity contribution in [1.82, 2.24) is 0 Å². The number of rotatable bonds is 12. The summed E-state index contributed by atoms with van der Waals surface area (Å²) >= 11 is 0. The highest BCUT2D eigenvalue weighted by atomic mass is 16.8. The van der Waals surface area contributed by atoms with E-state index in [1.165, 1.54) is 12.5 Å². The molecule has 0 bridgehead atoms. The van der Waals surface area contributed by atoms with Crippen LogP contribution in [0.3, 0.4) is 0 Å². The van der Waals surface area contributed by atoms with Crippen molar-refractivity contribution in [2.75, 3.05) is 19.8 Å². The lowest BCUT2D eigenvalue weighted by molar-refractivity contribution is -0.405. The molecule has 22 heteroatoms. The molecule has 4 aliphatic heterocycles. The molecule has 22 nitrogen and oxygen atoms in total. The first-order valence-corrected chi connectivity index (χ1v) is 27.3. The highest BCUT2D eigenvalue weighted by molar-refractivity contribution is 5.76. The van der Waals surface area contributed by atoms with Crippen molar-refractivity contribution >= 4 is 5.97 Å². The van der Waals surface area contributed by atoms with Gasteiger partial charge in [0.25, 0.3) is 0 Å². The number of allylic oxidation sites excluding steroid dienone is 2. The molecule has 4 saturated carbocycles. The van der Waals surface area contributed by atoms with E-state index < -0.39 is 153 Å². The minimum absolute atomic E-state index is 0.0276. The molecule has 0 amide bonds. The molecule has 28 unspecified atom stereocenters. The Morgan fingerprint density at radius 2 is 1.28 bits per heavy atom. The molecule has 0 aromatic rings. The van der Waals surface area contributed by atoms with Crippen molar-refractivity contribution < 1.29 is 109 Å². The normalized spacial score (nSPS) is 54.9. The molecule has 0 aromatic heterocycles. The lowest BCUT2D eigenvalue weighted by Crippen LogP contribution is -2.66. The second-order valence-corrected chi connectivity index (χ2v) is 25.7. The summed E-state index contributed by atoms with van der Waals surface area (Å²) in [6.07, 6.45) is -22.1. The molecule has 13 N–H and O–H groups in total. The van der Waals surface area contributed by atoms with Crippen molar-refractivity contribution in [2.24, 2.45) is 50.2 Å². The number of hydrogen-bond donors (Lipinski definition) is 13. The van der Waals surface area contributed by atoms with Crippen LogP contribution >= 0.6 is 0 Å². The molecule has 28 atom stereocenters. The SMILES string of the molecule is CC1OC(OC2CC(O)C(O)C(OC3CCC4(C)C(CCC5(C)C4CC=C4C6CC(C)(C)CCC6(C(=O)O)CCC45C)C3(C)CO)O2)C(OC2OC(COC3OC(CO)C(O)C(O)C3O)C(O)C(O)C2O)C(O)C1O. The van der Waals surface area contributed by atoms with Gasteiger partial charge in [0.15, 0.2) is 31.5 Å². The van der Waals surface area contributed by atoms with E-state index in [-0.39, 0.29) is 52.4 Å². The van der Waals surface area contributed by atoms with Gasteiger partial charge in [0, 0.05) is 11.8 Å². The van der Waals surface area contributed by atoms with Crippen molar-refractivity contribution in [3.05, 3.63) is 11.6 Å². The molecular formula is C53H86O22. The standard InChI is InChI=1S/C53H86O22/c1-23-33(57)39(63)42(75-45-41(65)38(62)36(60)28(71-45)21-68-43-40(64)37(61)35(59)27(20-54)70-43)46(69-23)74-32-18-26(56)34(58)44(73-32)72-31-11-12-49(4)29(50(31,5)22-55)10-13-52(7)30(49)9-8-24-25-19-48(2,3)14-16-53(25,47(66)67)17-15-51(24,52)6/h8,23,25-46,54-65H,9-22H2,1-7H3,(H,66,67). The quantitative estimate of drug-likeness (QED) is 0.0867. The highest BCUT2D eigenvalue weighted by Crippen LogP contribution is 2.76. The molecule has 9 aliphatic rings. The lowest BCUT2D eigenvalue weighted by Gasteiger charge is -2.71. The summed E-state index contributed by atoms with van der Waals surface area (Å²) in [5, 5.41) is 141. The number of aliphatic hydroxyl groups is 12. The van der Waals surface area contributed by atoms with E-state index in [0.717, 1.165) is 44.9 Å². The summed E-state index contributed by atoms with van der Waals surface area (Å²) in [5.41, 5.74) is -0.833. The van der Waals surface area contributed by atoms with Gasteiger partial charge in [-0.1, -0.05) is 53.2 Å². The maximum atomic E-state index is 13.2. The average Bonchev–Trinajstić information content (AvgIpc) is 3.36. The topological polar surface area (TPSA) is 354 Å². The molecule has 4 saturated heterocycles. The van der Waals surface area contributed by atoms with Crippen LogP contribution in [-0.4, -0.2) is 215 Å². The Morgan fingerprint density at radius 3 is 1.95 bits per heavy atom. The molecule has 4 heterocycles. The predicted molar refractivity (Wildman–Crippen MR) is 257 cm³/mol. The Balaban J connectivity index is 0.889. The Kier molecular flexibility index (Phi) is 16.3. The van der Waals surface area contributed by atoms with Crippen LogP contribution in [0.2, 0.25) is 0 Å². The molecule has 0 aromatic carbocycles. The summed E-state index contributed by atoms with van der Waals surface area (Å²) < 4.78 is 47.8. The van der Waals surface area contributed by atoms with E-state index in [9.17, 15) is 71.2 Å². The second kappa shape index (κ2) is 21.1. The van der Waals surface area contributed by atoms with Gasteiger partial charge in [0.2, 0.25) is 0 Å². The van der Waals surface area contributed by atoms with Crippen molar-refractivity contribution in [1.29, 1.82) is 0 Å². The first kappa shape index (κ1) is 58.1. The third-order valence-electron chi connectivity index (χ3n) is 21.1. The number of ether oxygens (including phenoxy) is 8. The fourth-order valence-corrected chi connectivity index (χ4v) is 16.1. The van der Waals surface area contributed by atoms with Crippen molar-refractivity contribution in [3.63, 3.8) is 0 Å². The molecule has 9 rings (SSSR count). The van der Waals surface area contributed by atoms with Gasteiger partial charge < -0.3 is 104 Å². The minimum atomic E-state index is -1.98. The molecule has 0 radical (unpaired) electrons. The summed E-state index contributed by atoms with van der Waals surface area (Å²) in [4.78, 5) is 13.2. The third kappa shape index (κ3) is 9.60. The van der Waals surface area contributed by atoms with Crippen LogP contribution in [0.15, 0.2) is 11.6 Å². The zero-order valence-electron chi connectivity index (χ0n) is 44.2. The molecule has 5 aliphatic carbocycles. The summed E-state index contributed by atoms with van der Waals surface area (Å²) in [7, 11) is 0. The Bertz CT molecular complexity index is 2060. The van der Waals surface area contributed by atoms with Crippen LogP contribution in [0, 0.1) is 50.2 Å². The smallest absolute Gasteiger partial charge is 0.310 e. The first-order valence-electron chi connectivity index (χ1n) is 27.3. The molecule has 430 valence electrons. The zero-order chi connectivity index (χ0) is 54.7. The number of aliphatic hydroxyl groups excluding tert-OH is 12. The van der Waals surface area contributed by atoms with Gasteiger partial charge in [-0.15, -0.1) is 0 Å². The van der Waals surface area contributed by atoms with Gasteiger partial charge in [-0.2, -0.15) is 0 Å². The number of aliphatic carboxylic acids is 1. The summed E-state index contributed by atoms with van der Waals surface area (Å²) in [6.45, 7) is 13.5. The maximum absolute atomic E-state index is 13.2. The van der Waals surface area contributed by atoms with Crippen molar-refractivity contribution in [2.45, 2.75) is 242 Å². The molecule has 8 fully saturated rings. The van der Waals surface area contributed by atoms with E-state index >= 15 is 0 Å². The lowest BCUT2D eigenvalue weighted by atomic mass is 9.33. The van der Waals surface area contributed by atoms with E-state index in [1.807, 2.05) is 6.92 Å². The van der Waals surface area contributed by atoms with Gasteiger partial charge in [0.05, 0.1) is 43.5 Å². The van der Waals surface area contributed by atoms with Crippen LogP contribution in [0.5, 0.6) is 0 Å². The van der Waals surface area contributed by atoms with E-state index in [1.54, 1.807) is 0 Å². The van der Waals surface area contributed by atoms with E-state index in [2.05, 4.69) is 40.7 Å². The molecule has 0 spiro atoms. The van der Waals surface area contributed by atoms with Crippen LogP contribution in [0.4, 0.5) is 0 Å². The van der Waals surface area contributed by atoms with Crippen molar-refractivity contribution in [3.8, 4) is 0 Å². The van der Waals surface area contributed by atoms with Crippen LogP contribution in [-0.2, 0) is 42.7 Å². The highest BCUT2D eigenvalue weighted by Gasteiger charge is 2.70. The number of carboxylic acids is 1. The first-order chi connectivity index (χ1) is 35.1. The van der Waals surface area contributed by atoms with Gasteiger partial charge in [-0.05, 0) is 111 Å². The second-order valence-electron chi connectivity index (χ2n) is 25.7. The predicted octanol–water partition coefficient (Wildman–Crippen LogP) is -0.483. The van der Waals surface area contributed by atoms with E-state index in [0.29, 0.717) is 19.3 Å². The molecular weight excluding hydrogens is 989 g/mol. The van der Waals surface area contributed by atoms with Gasteiger partial charge >= 0.3 is 5.97 Å². The average molecular weight is 1080 g/mol. The van der Waals surface area contributed by atoms with Crippen LogP contribution in [0.25, 0.3) is 0 Å². The van der Waals surface area contributed by atoms with Gasteiger partial charge in [-0.3, -0.25) is 4.79 Å². The number of hydrogen-bond acceptors (Lipinski definition) is 21. The Hall–Kier alpha value is -1.59. The van der Waals surface area contributed by atoms with Gasteiger partial charge in [0.1, 0.15) is 73.2 Å². The molecule has 75 heavy (non-hydrogen) atoms. The van der Waals surface area contributed by atoms with Crippen LogP contribution in [0.1, 0.15) is 119 Å². The Morgan fingerprint density at radius 1 is 0.640 bits per heavy atom. The fourth-order valence-electron chi connectivity index (χ4n) is 16.1. The monoisotopic (exact) mass is 1070 g/mol. The summed E-state index contributed by atoms with van der Waals surface area (Å²) in [6, 6.07) is 0.